The largest absolute Gasteiger partial charge is 0.481 e. The molecule has 2 aliphatic heterocycles. The molecule has 1 saturated carbocycles. The summed E-state index contributed by atoms with van der Waals surface area (Å²) in [6.45, 7) is 0.0337. The summed E-state index contributed by atoms with van der Waals surface area (Å²) < 4.78 is 31.9. The molecule has 7 nitrogen and oxygen atoms in total. The topological polar surface area (TPSA) is 83.6 Å². The first-order valence-corrected chi connectivity index (χ1v) is 9.64. The van der Waals surface area contributed by atoms with Gasteiger partial charge in [0, 0.05) is 24.6 Å². The van der Waals surface area contributed by atoms with Gasteiger partial charge in [-0.1, -0.05) is 12.8 Å². The Morgan fingerprint density at radius 3 is 2.82 bits per heavy atom. The van der Waals surface area contributed by atoms with E-state index in [0.29, 0.717) is 29.2 Å². The van der Waals surface area contributed by atoms with Gasteiger partial charge in [-0.05, 0) is 18.9 Å². The summed E-state index contributed by atoms with van der Waals surface area (Å²) in [5, 5.41) is 5.17. The number of ether oxygens (including phenoxy) is 1. The molecule has 0 spiro atoms. The van der Waals surface area contributed by atoms with Crippen LogP contribution in [0.4, 0.5) is 8.78 Å². The number of carbonyl (C=O) groups excluding carboxylic acids is 2. The highest BCUT2D eigenvalue weighted by Crippen LogP contribution is 2.33. The van der Waals surface area contributed by atoms with E-state index in [-0.39, 0.29) is 18.5 Å². The molecule has 0 radical (unpaired) electrons. The van der Waals surface area contributed by atoms with Gasteiger partial charge in [-0.2, -0.15) is 0 Å². The molecule has 2 fully saturated rings. The monoisotopic (exact) mass is 394 g/mol. The number of carbonyl (C=O) groups is 2. The lowest BCUT2D eigenvalue weighted by Crippen LogP contribution is -2.40. The van der Waals surface area contributed by atoms with Crippen LogP contribution in [0, 0.1) is 0 Å². The van der Waals surface area contributed by atoms with E-state index in [1.807, 2.05) is 4.90 Å². The minimum absolute atomic E-state index is 0.0401. The Morgan fingerprint density at radius 2 is 2.18 bits per heavy atom. The number of aromatic nitrogens is 1. The van der Waals surface area contributed by atoms with E-state index in [1.54, 1.807) is 6.07 Å². The van der Waals surface area contributed by atoms with E-state index >= 15 is 0 Å². The average molecular weight is 394 g/mol. The van der Waals surface area contributed by atoms with Crippen molar-refractivity contribution in [1.29, 1.82) is 0 Å². The maximum Gasteiger partial charge on any atom is 0.262 e. The second-order valence-electron chi connectivity index (χ2n) is 7.73. The van der Waals surface area contributed by atoms with Gasteiger partial charge < -0.3 is 15.0 Å². The molecule has 1 aromatic heterocycles. The third-order valence-corrected chi connectivity index (χ3v) is 5.79. The number of fused-ring (bicyclic) bond motifs is 1. The van der Waals surface area contributed by atoms with Crippen LogP contribution in [-0.4, -0.2) is 53.4 Å². The van der Waals surface area contributed by atoms with Crippen molar-refractivity contribution in [2.75, 3.05) is 13.7 Å². The van der Waals surface area contributed by atoms with Crippen LogP contribution in [0.25, 0.3) is 0 Å². The van der Waals surface area contributed by atoms with Gasteiger partial charge in [0.2, 0.25) is 11.8 Å². The summed E-state index contributed by atoms with van der Waals surface area (Å²) in [5.41, 5.74) is 1.77. The Hall–Kier alpha value is -2.29. The van der Waals surface area contributed by atoms with Gasteiger partial charge in [0.1, 0.15) is 0 Å². The molecule has 0 unspecified atom stereocenters. The van der Waals surface area contributed by atoms with Crippen LogP contribution in [-0.2, 0) is 17.9 Å². The standard InChI is InChI=1S/C19H24F2N4O3/c1-28-17-11(8-22-16(26)14-7-19(20,21)10-23-14)6-13-15(24-17)9-25(18(13)27)12-4-2-3-5-12/h6,12,14,23H,2-5,7-10H2,1H3,(H,22,26)/t14-/m0/s1. The number of hydrogen-bond acceptors (Lipinski definition) is 5. The van der Waals surface area contributed by atoms with Crippen molar-refractivity contribution >= 4 is 11.8 Å². The molecule has 1 atom stereocenters. The van der Waals surface area contributed by atoms with Crippen LogP contribution in [0.15, 0.2) is 6.07 Å². The Kier molecular flexibility index (Phi) is 4.95. The van der Waals surface area contributed by atoms with Crippen molar-refractivity contribution in [3.05, 3.63) is 22.9 Å². The highest BCUT2D eigenvalue weighted by atomic mass is 19.3. The second kappa shape index (κ2) is 7.27. The quantitative estimate of drug-likeness (QED) is 0.793. The SMILES string of the molecule is COc1nc2c(cc1CNC(=O)[C@@H]1CC(F)(F)CN1)C(=O)N(C1CCCC1)C2. The Labute approximate surface area is 161 Å². The second-order valence-corrected chi connectivity index (χ2v) is 7.73. The van der Waals surface area contributed by atoms with Gasteiger partial charge in [-0.3, -0.25) is 14.9 Å². The van der Waals surface area contributed by atoms with Gasteiger partial charge in [0.05, 0.1) is 37.5 Å². The molecule has 2 amide bonds. The number of nitrogens with zero attached hydrogens (tertiary/aromatic N) is 2. The van der Waals surface area contributed by atoms with Crippen LogP contribution >= 0.6 is 0 Å². The smallest absolute Gasteiger partial charge is 0.262 e. The Morgan fingerprint density at radius 1 is 1.43 bits per heavy atom. The summed E-state index contributed by atoms with van der Waals surface area (Å²) in [4.78, 5) is 31.3. The van der Waals surface area contributed by atoms with E-state index in [1.165, 1.54) is 7.11 Å². The van der Waals surface area contributed by atoms with Gasteiger partial charge in [0.15, 0.2) is 0 Å². The molecule has 0 bridgehead atoms. The third kappa shape index (κ3) is 3.55. The zero-order valence-electron chi connectivity index (χ0n) is 15.8. The van der Waals surface area contributed by atoms with Crippen LogP contribution < -0.4 is 15.4 Å². The molecular formula is C19H24F2N4O3. The van der Waals surface area contributed by atoms with Gasteiger partial charge in [-0.25, -0.2) is 13.8 Å². The van der Waals surface area contributed by atoms with Crippen LogP contribution in [0.2, 0.25) is 0 Å². The van der Waals surface area contributed by atoms with Crippen molar-refractivity contribution in [1.82, 2.24) is 20.5 Å². The number of nitrogens with one attached hydrogen (secondary N) is 2. The molecule has 0 aromatic carbocycles. The summed E-state index contributed by atoms with van der Waals surface area (Å²) >= 11 is 0. The molecule has 2 N–H and O–H groups in total. The number of methoxy groups -OCH3 is 1. The van der Waals surface area contributed by atoms with Crippen LogP contribution in [0.3, 0.4) is 0 Å². The first kappa shape index (κ1) is 19.0. The summed E-state index contributed by atoms with van der Waals surface area (Å²) in [6, 6.07) is 1.03. The van der Waals surface area contributed by atoms with Crippen molar-refractivity contribution in [2.24, 2.45) is 0 Å². The molecule has 1 aromatic rings. The fourth-order valence-corrected chi connectivity index (χ4v) is 4.29. The lowest BCUT2D eigenvalue weighted by molar-refractivity contribution is -0.123. The van der Waals surface area contributed by atoms with E-state index in [4.69, 9.17) is 4.74 Å². The number of pyridine rings is 1. The molecule has 1 aliphatic carbocycles. The lowest BCUT2D eigenvalue weighted by atomic mass is 10.1. The first-order chi connectivity index (χ1) is 13.4. The molecular weight excluding hydrogens is 370 g/mol. The third-order valence-electron chi connectivity index (χ3n) is 5.79. The number of rotatable bonds is 5. The number of amides is 2. The normalized spacial score (nSPS) is 23.9. The Balaban J connectivity index is 1.47. The van der Waals surface area contributed by atoms with E-state index in [0.717, 1.165) is 25.7 Å². The predicted octanol–water partition coefficient (Wildman–Crippen LogP) is 1.60. The summed E-state index contributed by atoms with van der Waals surface area (Å²) in [6.07, 6.45) is 3.77. The van der Waals surface area contributed by atoms with Crippen LogP contribution in [0.5, 0.6) is 5.88 Å². The molecule has 28 heavy (non-hydrogen) atoms. The number of hydrogen-bond donors (Lipinski definition) is 2. The Bertz CT molecular complexity index is 796. The fraction of sp³-hybridized carbons (Fsp3) is 0.632. The predicted molar refractivity (Wildman–Crippen MR) is 96.1 cm³/mol. The molecule has 152 valence electrons. The maximum atomic E-state index is 13.3. The molecule has 1 saturated heterocycles. The van der Waals surface area contributed by atoms with Gasteiger partial charge >= 0.3 is 0 Å². The minimum Gasteiger partial charge on any atom is -0.481 e. The number of alkyl halides is 2. The zero-order valence-corrected chi connectivity index (χ0v) is 15.8. The van der Waals surface area contributed by atoms with Crippen LogP contribution in [0.1, 0.15) is 53.7 Å². The highest BCUT2D eigenvalue weighted by molar-refractivity contribution is 5.98. The van der Waals surface area contributed by atoms with Crippen molar-refractivity contribution in [2.45, 2.75) is 63.2 Å². The zero-order chi connectivity index (χ0) is 19.9. The van der Waals surface area contributed by atoms with E-state index in [2.05, 4.69) is 15.6 Å². The minimum atomic E-state index is -2.87. The molecule has 3 aliphatic rings. The van der Waals surface area contributed by atoms with Crippen molar-refractivity contribution in [3.63, 3.8) is 0 Å². The first-order valence-electron chi connectivity index (χ1n) is 9.64. The summed E-state index contributed by atoms with van der Waals surface area (Å²) in [7, 11) is 1.48. The number of halogens is 2. The molecule has 9 heteroatoms. The molecule has 3 heterocycles. The summed E-state index contributed by atoms with van der Waals surface area (Å²) in [5.74, 6) is -3.07. The van der Waals surface area contributed by atoms with Gasteiger partial charge in [-0.15, -0.1) is 0 Å². The lowest BCUT2D eigenvalue weighted by Gasteiger charge is -2.22. The van der Waals surface area contributed by atoms with Gasteiger partial charge in [0.25, 0.3) is 11.8 Å². The van der Waals surface area contributed by atoms with Crippen molar-refractivity contribution < 1.29 is 23.1 Å². The van der Waals surface area contributed by atoms with Crippen molar-refractivity contribution in [3.8, 4) is 5.88 Å². The average Bonchev–Trinajstić information content (AvgIpc) is 3.38. The van der Waals surface area contributed by atoms with E-state index < -0.39 is 30.8 Å². The van der Waals surface area contributed by atoms with E-state index in [9.17, 15) is 18.4 Å². The maximum absolute atomic E-state index is 13.3. The molecule has 4 rings (SSSR count). The highest BCUT2D eigenvalue weighted by Gasteiger charge is 2.42. The fourth-order valence-electron chi connectivity index (χ4n) is 4.29.